The molecule has 1 aromatic heterocycles. The summed E-state index contributed by atoms with van der Waals surface area (Å²) in [5.74, 6) is -1.32. The molecule has 0 radical (unpaired) electrons. The second-order valence-corrected chi connectivity index (χ2v) is 7.71. The van der Waals surface area contributed by atoms with Crippen molar-refractivity contribution in [2.75, 3.05) is 6.61 Å². The summed E-state index contributed by atoms with van der Waals surface area (Å²) in [4.78, 5) is 29.0. The molecule has 0 spiro atoms. The maximum atomic E-state index is 13.0. The Kier molecular flexibility index (Phi) is 6.12. The van der Waals surface area contributed by atoms with Crippen LogP contribution in [0.25, 0.3) is 10.2 Å². The van der Waals surface area contributed by atoms with Crippen LogP contribution in [-0.4, -0.2) is 23.1 Å². The highest BCUT2D eigenvalue weighted by molar-refractivity contribution is 7.16. The number of carbonyl (C=O) groups excluding carboxylic acids is 2. The first-order valence-corrected chi connectivity index (χ1v) is 9.94. The highest BCUT2D eigenvalue weighted by Crippen LogP contribution is 2.29. The van der Waals surface area contributed by atoms with Gasteiger partial charge in [-0.25, -0.2) is 0 Å². The molecule has 2 aromatic carbocycles. The lowest BCUT2D eigenvalue weighted by molar-refractivity contribution is -0.143. The van der Waals surface area contributed by atoms with Crippen LogP contribution in [0, 0.1) is 13.8 Å². The lowest BCUT2D eigenvalue weighted by Gasteiger charge is -2.08. The smallest absolute Gasteiger partial charge is 0.416 e. The van der Waals surface area contributed by atoms with Crippen molar-refractivity contribution in [2.24, 2.45) is 4.99 Å². The number of hydrogen-bond donors (Lipinski definition) is 0. The van der Waals surface area contributed by atoms with Crippen LogP contribution in [0.15, 0.2) is 41.4 Å². The minimum atomic E-state index is -4.56. The summed E-state index contributed by atoms with van der Waals surface area (Å²) in [6, 6.07) is 7.95. The number of carbonyl (C=O) groups is 2. The molecular formula is C21H19F3N2O3S. The zero-order chi connectivity index (χ0) is 22.1. The zero-order valence-electron chi connectivity index (χ0n) is 16.5. The fraction of sp³-hybridized carbons (Fsp3) is 0.286. The average molecular weight is 436 g/mol. The van der Waals surface area contributed by atoms with Gasteiger partial charge in [0.05, 0.1) is 22.4 Å². The second-order valence-electron chi connectivity index (χ2n) is 6.70. The fourth-order valence-electron chi connectivity index (χ4n) is 3.14. The number of thiazole rings is 1. The third kappa shape index (κ3) is 4.62. The maximum Gasteiger partial charge on any atom is 0.416 e. The molecule has 9 heteroatoms. The molecule has 5 nitrogen and oxygen atoms in total. The molecule has 0 aliphatic rings. The highest BCUT2D eigenvalue weighted by Gasteiger charge is 2.30. The molecule has 0 fully saturated rings. The molecule has 0 aliphatic carbocycles. The number of halogens is 3. The van der Waals surface area contributed by atoms with Crippen molar-refractivity contribution in [3.8, 4) is 0 Å². The van der Waals surface area contributed by atoms with E-state index in [9.17, 15) is 22.8 Å². The van der Waals surface area contributed by atoms with Crippen LogP contribution in [0.2, 0.25) is 0 Å². The van der Waals surface area contributed by atoms with E-state index in [1.54, 1.807) is 11.5 Å². The van der Waals surface area contributed by atoms with Crippen LogP contribution in [0.5, 0.6) is 0 Å². The highest BCUT2D eigenvalue weighted by atomic mass is 32.1. The summed E-state index contributed by atoms with van der Waals surface area (Å²) in [6.45, 7) is 5.53. The van der Waals surface area contributed by atoms with Gasteiger partial charge in [-0.3, -0.25) is 9.59 Å². The molecule has 3 aromatic rings. The first kappa shape index (κ1) is 21.8. The van der Waals surface area contributed by atoms with Gasteiger partial charge in [-0.2, -0.15) is 18.2 Å². The first-order chi connectivity index (χ1) is 14.1. The topological polar surface area (TPSA) is 60.7 Å². The predicted molar refractivity (Wildman–Crippen MR) is 107 cm³/mol. The van der Waals surface area contributed by atoms with Crippen molar-refractivity contribution >= 4 is 33.4 Å². The van der Waals surface area contributed by atoms with Gasteiger partial charge in [0.2, 0.25) is 0 Å². The Hall–Kier alpha value is -2.94. The van der Waals surface area contributed by atoms with E-state index in [0.29, 0.717) is 0 Å². The van der Waals surface area contributed by atoms with Crippen molar-refractivity contribution in [1.29, 1.82) is 0 Å². The van der Waals surface area contributed by atoms with E-state index in [-0.39, 0.29) is 23.5 Å². The Morgan fingerprint density at radius 2 is 1.90 bits per heavy atom. The predicted octanol–water partition coefficient (Wildman–Crippen LogP) is 4.64. The van der Waals surface area contributed by atoms with E-state index in [1.165, 1.54) is 17.4 Å². The maximum absolute atomic E-state index is 13.0. The molecule has 1 amide bonds. The van der Waals surface area contributed by atoms with Gasteiger partial charge in [0.15, 0.2) is 4.80 Å². The molecule has 0 unspecified atom stereocenters. The minimum Gasteiger partial charge on any atom is -0.465 e. The van der Waals surface area contributed by atoms with Gasteiger partial charge in [0, 0.05) is 5.56 Å². The Morgan fingerprint density at radius 3 is 2.57 bits per heavy atom. The number of amides is 1. The SMILES string of the molecule is CCOC(=O)Cn1c(=NC(=O)c2cccc(C(F)(F)F)c2)sc2cc(C)cc(C)c21. The Balaban J connectivity index is 2.14. The van der Waals surface area contributed by atoms with Crippen molar-refractivity contribution in [2.45, 2.75) is 33.5 Å². The van der Waals surface area contributed by atoms with Gasteiger partial charge < -0.3 is 9.30 Å². The molecule has 0 saturated heterocycles. The van der Waals surface area contributed by atoms with Gasteiger partial charge >= 0.3 is 12.1 Å². The molecule has 3 rings (SSSR count). The summed E-state index contributed by atoms with van der Waals surface area (Å²) >= 11 is 1.19. The van der Waals surface area contributed by atoms with Crippen LogP contribution in [0.4, 0.5) is 13.2 Å². The van der Waals surface area contributed by atoms with Crippen molar-refractivity contribution in [3.05, 3.63) is 63.5 Å². The van der Waals surface area contributed by atoms with Crippen LogP contribution in [0.1, 0.15) is 34.0 Å². The standard InChI is InChI=1S/C21H19F3N2O3S/c1-4-29-17(27)11-26-18-13(3)8-12(2)9-16(18)30-20(26)25-19(28)14-6-5-7-15(10-14)21(22,23)24/h5-10H,4,11H2,1-3H3. The third-order valence-electron chi connectivity index (χ3n) is 4.34. The van der Waals surface area contributed by atoms with E-state index < -0.39 is 23.6 Å². The van der Waals surface area contributed by atoms with Gasteiger partial charge in [0.1, 0.15) is 6.54 Å². The number of fused-ring (bicyclic) bond motifs is 1. The molecule has 0 atom stereocenters. The molecule has 30 heavy (non-hydrogen) atoms. The summed E-state index contributed by atoms with van der Waals surface area (Å²) in [6.07, 6.45) is -4.56. The summed E-state index contributed by atoms with van der Waals surface area (Å²) < 4.78 is 46.3. The third-order valence-corrected chi connectivity index (χ3v) is 5.36. The fourth-order valence-corrected chi connectivity index (χ4v) is 4.34. The van der Waals surface area contributed by atoms with Gasteiger partial charge in [-0.05, 0) is 56.2 Å². The minimum absolute atomic E-state index is 0.160. The summed E-state index contributed by atoms with van der Waals surface area (Å²) in [5.41, 5.74) is 1.51. The lowest BCUT2D eigenvalue weighted by Crippen LogP contribution is -2.23. The van der Waals surface area contributed by atoms with E-state index in [0.717, 1.165) is 39.5 Å². The molecule has 0 aliphatic heterocycles. The average Bonchev–Trinajstić information content (AvgIpc) is 2.98. The Morgan fingerprint density at radius 1 is 1.17 bits per heavy atom. The number of aromatic nitrogens is 1. The summed E-state index contributed by atoms with van der Waals surface area (Å²) in [7, 11) is 0. The summed E-state index contributed by atoms with van der Waals surface area (Å²) in [5, 5.41) is 0. The Bertz CT molecular complexity index is 1190. The van der Waals surface area contributed by atoms with Crippen LogP contribution in [0.3, 0.4) is 0 Å². The largest absolute Gasteiger partial charge is 0.465 e. The molecule has 1 heterocycles. The van der Waals surface area contributed by atoms with E-state index in [4.69, 9.17) is 4.74 Å². The van der Waals surface area contributed by atoms with Crippen LogP contribution < -0.4 is 4.80 Å². The van der Waals surface area contributed by atoms with E-state index in [2.05, 4.69) is 4.99 Å². The van der Waals surface area contributed by atoms with Crippen LogP contribution in [-0.2, 0) is 22.3 Å². The number of aryl methyl sites for hydroxylation is 2. The molecule has 0 bridgehead atoms. The molecule has 158 valence electrons. The number of benzene rings is 2. The van der Waals surface area contributed by atoms with Crippen LogP contribution >= 0.6 is 11.3 Å². The molecule has 0 saturated carbocycles. The molecular weight excluding hydrogens is 417 g/mol. The van der Waals surface area contributed by atoms with Gasteiger partial charge in [-0.1, -0.05) is 23.5 Å². The lowest BCUT2D eigenvalue weighted by atomic mass is 10.1. The number of rotatable bonds is 4. The Labute approximate surface area is 174 Å². The van der Waals surface area contributed by atoms with Crippen molar-refractivity contribution < 1.29 is 27.5 Å². The number of ether oxygens (including phenoxy) is 1. The normalized spacial score (nSPS) is 12.4. The van der Waals surface area contributed by atoms with Gasteiger partial charge in [-0.15, -0.1) is 0 Å². The second kappa shape index (κ2) is 8.43. The van der Waals surface area contributed by atoms with Crippen molar-refractivity contribution in [1.82, 2.24) is 4.57 Å². The number of esters is 1. The van der Waals surface area contributed by atoms with E-state index in [1.807, 2.05) is 26.0 Å². The quantitative estimate of drug-likeness (QED) is 0.560. The monoisotopic (exact) mass is 436 g/mol. The zero-order valence-corrected chi connectivity index (χ0v) is 17.4. The van der Waals surface area contributed by atoms with Crippen molar-refractivity contribution in [3.63, 3.8) is 0 Å². The number of hydrogen-bond acceptors (Lipinski definition) is 4. The van der Waals surface area contributed by atoms with E-state index >= 15 is 0 Å². The van der Waals surface area contributed by atoms with Gasteiger partial charge in [0.25, 0.3) is 5.91 Å². The first-order valence-electron chi connectivity index (χ1n) is 9.12. The molecule has 0 N–H and O–H groups in total. The number of nitrogens with zero attached hydrogens (tertiary/aromatic N) is 2. The number of alkyl halides is 3.